The third-order valence-corrected chi connectivity index (χ3v) is 3.55. The van der Waals surface area contributed by atoms with Gasteiger partial charge in [0.15, 0.2) is 0 Å². The van der Waals surface area contributed by atoms with Crippen LogP contribution in [0.25, 0.3) is 6.08 Å². The second-order valence-electron chi connectivity index (χ2n) is 5.01. The fourth-order valence-corrected chi connectivity index (χ4v) is 2.27. The molecule has 130 valence electrons. The van der Waals surface area contributed by atoms with E-state index in [0.717, 1.165) is 10.9 Å². The Morgan fingerprint density at radius 1 is 1.38 bits per heavy atom. The molecule has 0 spiro atoms. The average Bonchev–Trinajstić information content (AvgIpc) is 2.58. The van der Waals surface area contributed by atoms with Crippen LogP contribution in [-0.4, -0.2) is 32.3 Å². The first-order valence-corrected chi connectivity index (χ1v) is 8.81. The van der Waals surface area contributed by atoms with E-state index in [2.05, 4.69) is 21.2 Å². The Kier molecular flexibility index (Phi) is 9.81. The minimum absolute atomic E-state index is 0.0471. The van der Waals surface area contributed by atoms with E-state index in [0.29, 0.717) is 44.1 Å². The Hall–Kier alpha value is -1.84. The lowest BCUT2D eigenvalue weighted by atomic mass is 10.1. The Morgan fingerprint density at radius 2 is 2.17 bits per heavy atom. The van der Waals surface area contributed by atoms with Crippen molar-refractivity contribution in [1.29, 1.82) is 5.26 Å². The lowest BCUT2D eigenvalue weighted by molar-refractivity contribution is -0.117. The number of amides is 1. The number of nitrogens with zero attached hydrogens (tertiary/aromatic N) is 1. The summed E-state index contributed by atoms with van der Waals surface area (Å²) < 4.78 is 11.7. The molecule has 24 heavy (non-hydrogen) atoms. The molecular formula is C18H23BrN2O3. The number of carbonyl (C=O) groups excluding carboxylic acids is 1. The molecule has 0 aliphatic rings. The van der Waals surface area contributed by atoms with Gasteiger partial charge in [0.2, 0.25) is 0 Å². The van der Waals surface area contributed by atoms with Crippen LogP contribution in [0.15, 0.2) is 28.2 Å². The fraction of sp³-hybridized carbons (Fsp3) is 0.444. The van der Waals surface area contributed by atoms with Crippen molar-refractivity contribution in [3.8, 4) is 11.8 Å². The van der Waals surface area contributed by atoms with E-state index in [1.54, 1.807) is 6.08 Å². The highest BCUT2D eigenvalue weighted by atomic mass is 79.9. The molecule has 0 aromatic heterocycles. The largest absolute Gasteiger partial charge is 0.493 e. The van der Waals surface area contributed by atoms with Crippen molar-refractivity contribution in [3.63, 3.8) is 0 Å². The first-order chi connectivity index (χ1) is 11.6. The Balaban J connectivity index is 2.81. The lowest BCUT2D eigenvalue weighted by Gasteiger charge is -2.09. The second kappa shape index (κ2) is 11.7. The van der Waals surface area contributed by atoms with Crippen LogP contribution in [0.2, 0.25) is 0 Å². The molecule has 0 saturated carbocycles. The molecule has 1 aromatic carbocycles. The molecule has 0 bridgehead atoms. The van der Waals surface area contributed by atoms with Crippen LogP contribution < -0.4 is 10.1 Å². The zero-order valence-corrected chi connectivity index (χ0v) is 15.7. The first kappa shape index (κ1) is 20.2. The number of hydrogen-bond donors (Lipinski definition) is 1. The maximum atomic E-state index is 12.1. The van der Waals surface area contributed by atoms with Crippen molar-refractivity contribution in [3.05, 3.63) is 33.8 Å². The molecule has 5 nitrogen and oxygen atoms in total. The van der Waals surface area contributed by atoms with E-state index < -0.39 is 5.91 Å². The summed E-state index contributed by atoms with van der Waals surface area (Å²) >= 11 is 3.40. The van der Waals surface area contributed by atoms with E-state index in [4.69, 9.17) is 9.47 Å². The van der Waals surface area contributed by atoms with Crippen molar-refractivity contribution in [2.45, 2.75) is 26.7 Å². The Morgan fingerprint density at radius 3 is 2.83 bits per heavy atom. The molecular weight excluding hydrogens is 372 g/mol. The number of nitriles is 1. The van der Waals surface area contributed by atoms with E-state index in [1.165, 1.54) is 0 Å². The Bertz CT molecular complexity index is 609. The van der Waals surface area contributed by atoms with Gasteiger partial charge in [0.25, 0.3) is 5.91 Å². The molecule has 0 aliphatic carbocycles. The van der Waals surface area contributed by atoms with Gasteiger partial charge < -0.3 is 14.8 Å². The molecule has 0 atom stereocenters. The monoisotopic (exact) mass is 394 g/mol. The summed E-state index contributed by atoms with van der Waals surface area (Å²) in [4.78, 5) is 12.1. The Labute approximate surface area is 151 Å². The van der Waals surface area contributed by atoms with Gasteiger partial charge in [0.1, 0.15) is 17.4 Å². The molecule has 6 heteroatoms. The van der Waals surface area contributed by atoms with Gasteiger partial charge in [-0.15, -0.1) is 0 Å². The summed E-state index contributed by atoms with van der Waals surface area (Å²) in [5.41, 5.74) is 0.740. The smallest absolute Gasteiger partial charge is 0.261 e. The molecule has 0 aliphatic heterocycles. The second-order valence-corrected chi connectivity index (χ2v) is 5.92. The van der Waals surface area contributed by atoms with Crippen molar-refractivity contribution in [1.82, 2.24) is 5.32 Å². The molecule has 1 rings (SSSR count). The predicted molar refractivity (Wildman–Crippen MR) is 97.6 cm³/mol. The summed E-state index contributed by atoms with van der Waals surface area (Å²) in [5, 5.41) is 12.0. The van der Waals surface area contributed by atoms with E-state index >= 15 is 0 Å². The number of nitrogens with one attached hydrogen (secondary N) is 1. The van der Waals surface area contributed by atoms with Crippen molar-refractivity contribution in [2.24, 2.45) is 0 Å². The minimum Gasteiger partial charge on any atom is -0.493 e. The molecule has 0 saturated heterocycles. The van der Waals surface area contributed by atoms with Gasteiger partial charge in [-0.3, -0.25) is 4.79 Å². The van der Waals surface area contributed by atoms with Crippen LogP contribution in [0, 0.1) is 11.3 Å². The lowest BCUT2D eigenvalue weighted by Crippen LogP contribution is -2.26. The average molecular weight is 395 g/mol. The number of carbonyl (C=O) groups is 1. The highest BCUT2D eigenvalue weighted by molar-refractivity contribution is 9.10. The zero-order chi connectivity index (χ0) is 17.8. The molecule has 1 aromatic rings. The number of rotatable bonds is 10. The van der Waals surface area contributed by atoms with Gasteiger partial charge in [-0.1, -0.05) is 22.9 Å². The van der Waals surface area contributed by atoms with Crippen LogP contribution in [0.3, 0.4) is 0 Å². The fourth-order valence-electron chi connectivity index (χ4n) is 1.90. The summed E-state index contributed by atoms with van der Waals surface area (Å²) in [5.74, 6) is 0.257. The zero-order valence-electron chi connectivity index (χ0n) is 14.1. The molecule has 0 radical (unpaired) electrons. The van der Waals surface area contributed by atoms with Gasteiger partial charge >= 0.3 is 0 Å². The van der Waals surface area contributed by atoms with E-state index in [1.807, 2.05) is 38.1 Å². The molecule has 1 N–H and O–H groups in total. The van der Waals surface area contributed by atoms with Gasteiger partial charge in [-0.05, 0) is 44.0 Å². The third kappa shape index (κ3) is 7.16. The van der Waals surface area contributed by atoms with Crippen LogP contribution in [-0.2, 0) is 9.53 Å². The third-order valence-electron chi connectivity index (χ3n) is 3.05. The SMILES string of the molecule is CCCOc1ccc(Br)cc1/C=C(\C#N)C(=O)NCCCOCC. The van der Waals surface area contributed by atoms with Crippen molar-refractivity contribution >= 4 is 27.9 Å². The standard InChI is InChI=1S/C18H23BrN2O3/c1-3-9-24-17-7-6-16(19)12-14(17)11-15(13-20)18(22)21-8-5-10-23-4-2/h6-7,11-12H,3-5,8-10H2,1-2H3,(H,21,22)/b15-11+. The van der Waals surface area contributed by atoms with Crippen LogP contribution in [0.5, 0.6) is 5.75 Å². The highest BCUT2D eigenvalue weighted by Crippen LogP contribution is 2.25. The summed E-state index contributed by atoms with van der Waals surface area (Å²) in [6.45, 7) is 6.23. The van der Waals surface area contributed by atoms with Crippen LogP contribution in [0.1, 0.15) is 32.3 Å². The van der Waals surface area contributed by atoms with Crippen LogP contribution >= 0.6 is 15.9 Å². The maximum Gasteiger partial charge on any atom is 0.261 e. The highest BCUT2D eigenvalue weighted by Gasteiger charge is 2.11. The van der Waals surface area contributed by atoms with Crippen molar-refractivity contribution < 1.29 is 14.3 Å². The maximum absolute atomic E-state index is 12.1. The molecule has 1 amide bonds. The molecule has 0 unspecified atom stereocenters. The molecule has 0 heterocycles. The van der Waals surface area contributed by atoms with Gasteiger partial charge in [-0.25, -0.2) is 0 Å². The minimum atomic E-state index is -0.393. The summed E-state index contributed by atoms with van der Waals surface area (Å²) in [6, 6.07) is 7.46. The predicted octanol–water partition coefficient (Wildman–Crippen LogP) is 3.69. The summed E-state index contributed by atoms with van der Waals surface area (Å²) in [6.07, 6.45) is 3.14. The quantitative estimate of drug-likeness (QED) is 0.373. The van der Waals surface area contributed by atoms with Gasteiger partial charge in [-0.2, -0.15) is 5.26 Å². The number of benzene rings is 1. The number of ether oxygens (including phenoxy) is 2. The van der Waals surface area contributed by atoms with Gasteiger partial charge in [0, 0.05) is 29.8 Å². The molecule has 0 fully saturated rings. The summed E-state index contributed by atoms with van der Waals surface area (Å²) in [7, 11) is 0. The van der Waals surface area contributed by atoms with E-state index in [-0.39, 0.29) is 5.57 Å². The number of hydrogen-bond acceptors (Lipinski definition) is 4. The normalized spacial score (nSPS) is 11.0. The van der Waals surface area contributed by atoms with Crippen LogP contribution in [0.4, 0.5) is 0 Å². The first-order valence-electron chi connectivity index (χ1n) is 8.02. The van der Waals surface area contributed by atoms with Gasteiger partial charge in [0.05, 0.1) is 6.61 Å². The van der Waals surface area contributed by atoms with Crippen molar-refractivity contribution in [2.75, 3.05) is 26.4 Å². The topological polar surface area (TPSA) is 71.3 Å². The number of halogens is 1. The van der Waals surface area contributed by atoms with E-state index in [9.17, 15) is 10.1 Å².